The standard InChI is InChI=1S/C12H15FO2S/c1-3-16-12(14)7-4-9-8-10(15-2)5-6-11(9)13/h5-6,8H,3-4,7H2,1-2H3. The normalized spacial score (nSPS) is 10.2. The zero-order valence-electron chi connectivity index (χ0n) is 9.46. The first-order valence-corrected chi connectivity index (χ1v) is 6.14. The average Bonchev–Trinajstić information content (AvgIpc) is 2.28. The van der Waals surface area contributed by atoms with Crippen LogP contribution in [0.3, 0.4) is 0 Å². The van der Waals surface area contributed by atoms with Crippen LogP contribution in [-0.4, -0.2) is 18.0 Å². The molecule has 0 N–H and O–H groups in total. The molecule has 88 valence electrons. The topological polar surface area (TPSA) is 26.3 Å². The molecule has 2 nitrogen and oxygen atoms in total. The van der Waals surface area contributed by atoms with Crippen molar-refractivity contribution < 1.29 is 13.9 Å². The smallest absolute Gasteiger partial charge is 0.189 e. The molecule has 0 saturated heterocycles. The van der Waals surface area contributed by atoms with Crippen molar-refractivity contribution in [3.63, 3.8) is 0 Å². The zero-order valence-corrected chi connectivity index (χ0v) is 10.3. The van der Waals surface area contributed by atoms with Gasteiger partial charge in [-0.25, -0.2) is 4.39 Å². The quantitative estimate of drug-likeness (QED) is 0.793. The van der Waals surface area contributed by atoms with Crippen LogP contribution in [0, 0.1) is 5.82 Å². The molecule has 0 aromatic heterocycles. The molecule has 0 heterocycles. The zero-order chi connectivity index (χ0) is 12.0. The number of aryl methyl sites for hydroxylation is 1. The van der Waals surface area contributed by atoms with Crippen molar-refractivity contribution in [3.05, 3.63) is 29.6 Å². The molecule has 0 radical (unpaired) electrons. The van der Waals surface area contributed by atoms with E-state index in [1.54, 1.807) is 12.1 Å². The van der Waals surface area contributed by atoms with Gasteiger partial charge in [0.25, 0.3) is 0 Å². The maximum atomic E-state index is 13.4. The molecule has 4 heteroatoms. The molecule has 0 spiro atoms. The summed E-state index contributed by atoms with van der Waals surface area (Å²) < 4.78 is 18.4. The van der Waals surface area contributed by atoms with Gasteiger partial charge in [0.05, 0.1) is 7.11 Å². The van der Waals surface area contributed by atoms with Crippen molar-refractivity contribution in [2.75, 3.05) is 12.9 Å². The van der Waals surface area contributed by atoms with Crippen molar-refractivity contribution in [1.82, 2.24) is 0 Å². The molecule has 0 unspecified atom stereocenters. The molecule has 0 fully saturated rings. The Morgan fingerprint density at radius 2 is 2.25 bits per heavy atom. The van der Waals surface area contributed by atoms with Crippen LogP contribution < -0.4 is 4.74 Å². The number of halogens is 1. The van der Waals surface area contributed by atoms with Crippen molar-refractivity contribution >= 4 is 16.9 Å². The fourth-order valence-corrected chi connectivity index (χ4v) is 1.91. The van der Waals surface area contributed by atoms with Gasteiger partial charge in [0.2, 0.25) is 0 Å². The lowest BCUT2D eigenvalue weighted by atomic mass is 10.1. The van der Waals surface area contributed by atoms with Crippen LogP contribution in [0.4, 0.5) is 4.39 Å². The summed E-state index contributed by atoms with van der Waals surface area (Å²) in [4.78, 5) is 11.3. The summed E-state index contributed by atoms with van der Waals surface area (Å²) in [6, 6.07) is 4.58. The second-order valence-electron chi connectivity index (χ2n) is 3.26. The molecular weight excluding hydrogens is 227 g/mol. The van der Waals surface area contributed by atoms with E-state index in [1.807, 2.05) is 6.92 Å². The minimum Gasteiger partial charge on any atom is -0.497 e. The van der Waals surface area contributed by atoms with Crippen LogP contribution in [0.2, 0.25) is 0 Å². The highest BCUT2D eigenvalue weighted by atomic mass is 32.2. The molecule has 0 atom stereocenters. The first-order valence-electron chi connectivity index (χ1n) is 5.15. The highest BCUT2D eigenvalue weighted by Gasteiger charge is 2.07. The first-order chi connectivity index (χ1) is 7.67. The predicted molar refractivity (Wildman–Crippen MR) is 64.4 cm³/mol. The SMILES string of the molecule is CCSC(=O)CCc1cc(OC)ccc1F. The minimum atomic E-state index is -0.282. The number of ether oxygens (including phenoxy) is 1. The second kappa shape index (κ2) is 6.53. The number of methoxy groups -OCH3 is 1. The summed E-state index contributed by atoms with van der Waals surface area (Å²) in [5, 5.41) is 0.102. The molecule has 0 bridgehead atoms. The summed E-state index contributed by atoms with van der Waals surface area (Å²) in [6.45, 7) is 1.93. The maximum absolute atomic E-state index is 13.4. The van der Waals surface area contributed by atoms with Crippen molar-refractivity contribution in [2.45, 2.75) is 19.8 Å². The van der Waals surface area contributed by atoms with Crippen LogP contribution in [-0.2, 0) is 11.2 Å². The van der Waals surface area contributed by atoms with Gasteiger partial charge in [-0.1, -0.05) is 18.7 Å². The van der Waals surface area contributed by atoms with E-state index in [0.717, 1.165) is 5.75 Å². The maximum Gasteiger partial charge on any atom is 0.189 e. The van der Waals surface area contributed by atoms with Gasteiger partial charge in [0.15, 0.2) is 5.12 Å². The monoisotopic (exact) mass is 242 g/mol. The number of rotatable bonds is 5. The Balaban J connectivity index is 2.62. The van der Waals surface area contributed by atoms with E-state index in [-0.39, 0.29) is 10.9 Å². The fourth-order valence-electron chi connectivity index (χ4n) is 1.34. The number of carbonyl (C=O) groups is 1. The summed E-state index contributed by atoms with van der Waals surface area (Å²) >= 11 is 1.27. The van der Waals surface area contributed by atoms with Crippen LogP contribution in [0.5, 0.6) is 5.75 Å². The van der Waals surface area contributed by atoms with Gasteiger partial charge >= 0.3 is 0 Å². The van der Waals surface area contributed by atoms with Crippen LogP contribution in [0.25, 0.3) is 0 Å². The Morgan fingerprint density at radius 3 is 2.88 bits per heavy atom. The van der Waals surface area contributed by atoms with E-state index in [1.165, 1.54) is 24.9 Å². The van der Waals surface area contributed by atoms with Gasteiger partial charge in [0.1, 0.15) is 11.6 Å². The van der Waals surface area contributed by atoms with Crippen LogP contribution in [0.15, 0.2) is 18.2 Å². The minimum absolute atomic E-state index is 0.102. The van der Waals surface area contributed by atoms with E-state index in [0.29, 0.717) is 24.2 Å². The molecule has 0 saturated carbocycles. The van der Waals surface area contributed by atoms with Crippen molar-refractivity contribution in [3.8, 4) is 5.75 Å². The van der Waals surface area contributed by atoms with Gasteiger partial charge < -0.3 is 4.74 Å². The second-order valence-corrected chi connectivity index (χ2v) is 4.58. The Bertz CT molecular complexity index is 366. The van der Waals surface area contributed by atoms with Gasteiger partial charge in [-0.15, -0.1) is 0 Å². The third-order valence-electron chi connectivity index (χ3n) is 2.16. The molecule has 0 aliphatic heterocycles. The number of hydrogen-bond acceptors (Lipinski definition) is 3. The third kappa shape index (κ3) is 3.85. The van der Waals surface area contributed by atoms with Crippen LogP contribution in [0.1, 0.15) is 18.9 Å². The van der Waals surface area contributed by atoms with E-state index >= 15 is 0 Å². The molecule has 0 aliphatic rings. The van der Waals surface area contributed by atoms with Crippen molar-refractivity contribution in [1.29, 1.82) is 0 Å². The predicted octanol–water partition coefficient (Wildman–Crippen LogP) is 3.05. The van der Waals surface area contributed by atoms with Crippen molar-refractivity contribution in [2.24, 2.45) is 0 Å². The largest absolute Gasteiger partial charge is 0.497 e. The van der Waals surface area contributed by atoms with Gasteiger partial charge in [-0.2, -0.15) is 0 Å². The average molecular weight is 242 g/mol. The number of thioether (sulfide) groups is 1. The Kier molecular flexibility index (Phi) is 5.32. The molecule has 0 amide bonds. The Morgan fingerprint density at radius 1 is 1.50 bits per heavy atom. The first kappa shape index (κ1) is 13.0. The Labute approximate surface area is 99.2 Å². The lowest BCUT2D eigenvalue weighted by molar-refractivity contribution is -0.110. The summed E-state index contributed by atoms with van der Waals surface area (Å²) in [6.07, 6.45) is 0.789. The molecular formula is C12H15FO2S. The van der Waals surface area contributed by atoms with E-state index in [4.69, 9.17) is 4.74 Å². The molecule has 1 aromatic carbocycles. The lowest BCUT2D eigenvalue weighted by Crippen LogP contribution is -1.98. The van der Waals surface area contributed by atoms with Gasteiger partial charge in [-0.05, 0) is 35.9 Å². The summed E-state index contributed by atoms with van der Waals surface area (Å²) in [5.74, 6) is 1.10. The Hall–Kier alpha value is -1.03. The number of carbonyl (C=O) groups excluding carboxylic acids is 1. The summed E-state index contributed by atoms with van der Waals surface area (Å²) in [7, 11) is 1.54. The van der Waals surface area contributed by atoms with E-state index < -0.39 is 0 Å². The van der Waals surface area contributed by atoms with Crippen LogP contribution >= 0.6 is 11.8 Å². The number of hydrogen-bond donors (Lipinski definition) is 0. The highest BCUT2D eigenvalue weighted by molar-refractivity contribution is 8.13. The molecule has 0 aliphatic carbocycles. The summed E-state index contributed by atoms with van der Waals surface area (Å²) in [5.41, 5.74) is 0.532. The fraction of sp³-hybridized carbons (Fsp3) is 0.417. The highest BCUT2D eigenvalue weighted by Crippen LogP contribution is 2.19. The third-order valence-corrected chi connectivity index (χ3v) is 2.97. The van der Waals surface area contributed by atoms with E-state index in [2.05, 4.69) is 0 Å². The lowest BCUT2D eigenvalue weighted by Gasteiger charge is -2.05. The van der Waals surface area contributed by atoms with E-state index in [9.17, 15) is 9.18 Å². The molecule has 1 aromatic rings. The van der Waals surface area contributed by atoms with Gasteiger partial charge in [-0.3, -0.25) is 4.79 Å². The number of benzene rings is 1. The molecule has 1 rings (SSSR count). The molecule has 16 heavy (non-hydrogen) atoms. The van der Waals surface area contributed by atoms with Gasteiger partial charge in [0, 0.05) is 6.42 Å².